The van der Waals surface area contributed by atoms with E-state index >= 15 is 0 Å². The van der Waals surface area contributed by atoms with Crippen LogP contribution in [0.1, 0.15) is 17.3 Å². The van der Waals surface area contributed by atoms with Gasteiger partial charge >= 0.3 is 0 Å². The lowest BCUT2D eigenvalue weighted by Gasteiger charge is -2.11. The molecule has 0 spiro atoms. The maximum absolute atomic E-state index is 11.8. The van der Waals surface area contributed by atoms with Crippen LogP contribution in [-0.2, 0) is 0 Å². The molecule has 0 aliphatic rings. The van der Waals surface area contributed by atoms with Gasteiger partial charge in [-0.2, -0.15) is 0 Å². The number of hydrogen-bond donors (Lipinski definition) is 2. The average Bonchev–Trinajstić information content (AvgIpc) is 2.40. The number of benzene rings is 2. The molecule has 110 valence electrons. The van der Waals surface area contributed by atoms with E-state index < -0.39 is 0 Å². The van der Waals surface area contributed by atoms with Gasteiger partial charge in [-0.05, 0) is 43.3 Å². The van der Waals surface area contributed by atoms with Crippen LogP contribution in [-0.4, -0.2) is 12.5 Å². The van der Waals surface area contributed by atoms with Crippen molar-refractivity contribution in [1.82, 2.24) is 5.32 Å². The van der Waals surface area contributed by atoms with Crippen molar-refractivity contribution in [1.29, 1.82) is 0 Å². The SMILES string of the molecule is CCNC(=O)c1ccc(N)c(Oc2cc(Cl)cc(Cl)c2)c1. The Kier molecular flexibility index (Phi) is 4.94. The van der Waals surface area contributed by atoms with Crippen LogP contribution in [0.2, 0.25) is 10.0 Å². The number of ether oxygens (including phenoxy) is 1. The largest absolute Gasteiger partial charge is 0.455 e. The van der Waals surface area contributed by atoms with E-state index in [2.05, 4.69) is 5.32 Å². The van der Waals surface area contributed by atoms with E-state index in [0.717, 1.165) is 0 Å². The van der Waals surface area contributed by atoms with Crippen molar-refractivity contribution >= 4 is 34.8 Å². The molecule has 21 heavy (non-hydrogen) atoms. The van der Waals surface area contributed by atoms with E-state index in [-0.39, 0.29) is 5.91 Å². The number of amides is 1. The van der Waals surface area contributed by atoms with E-state index in [0.29, 0.717) is 39.3 Å². The second-order valence-corrected chi connectivity index (χ2v) is 5.19. The first kappa shape index (κ1) is 15.5. The van der Waals surface area contributed by atoms with Crippen molar-refractivity contribution in [3.8, 4) is 11.5 Å². The van der Waals surface area contributed by atoms with Crippen LogP contribution in [0.15, 0.2) is 36.4 Å². The summed E-state index contributed by atoms with van der Waals surface area (Å²) < 4.78 is 5.67. The molecule has 0 aliphatic heterocycles. The minimum absolute atomic E-state index is 0.188. The van der Waals surface area contributed by atoms with Crippen molar-refractivity contribution in [2.45, 2.75) is 6.92 Å². The van der Waals surface area contributed by atoms with E-state index in [1.54, 1.807) is 36.4 Å². The lowest BCUT2D eigenvalue weighted by Crippen LogP contribution is -2.22. The normalized spacial score (nSPS) is 10.2. The maximum atomic E-state index is 11.8. The van der Waals surface area contributed by atoms with Crippen molar-refractivity contribution < 1.29 is 9.53 Å². The van der Waals surface area contributed by atoms with Crippen LogP contribution < -0.4 is 15.8 Å². The molecule has 0 saturated heterocycles. The van der Waals surface area contributed by atoms with E-state index in [1.165, 1.54) is 0 Å². The molecule has 0 radical (unpaired) electrons. The van der Waals surface area contributed by atoms with Gasteiger partial charge in [-0.1, -0.05) is 23.2 Å². The lowest BCUT2D eigenvalue weighted by atomic mass is 10.1. The van der Waals surface area contributed by atoms with Gasteiger partial charge in [-0.15, -0.1) is 0 Å². The van der Waals surface area contributed by atoms with Crippen LogP contribution in [0, 0.1) is 0 Å². The number of hydrogen-bond acceptors (Lipinski definition) is 3. The zero-order chi connectivity index (χ0) is 15.4. The Balaban J connectivity index is 2.30. The third kappa shape index (κ3) is 4.03. The number of carbonyl (C=O) groups is 1. The molecular formula is C15H14Cl2N2O2. The number of anilines is 1. The van der Waals surface area contributed by atoms with Crippen molar-refractivity contribution in [2.24, 2.45) is 0 Å². The number of halogens is 2. The standard InChI is InChI=1S/C15H14Cl2N2O2/c1-2-19-15(20)9-3-4-13(18)14(5-9)21-12-7-10(16)6-11(17)8-12/h3-8H,2,18H2,1H3,(H,19,20). The van der Waals surface area contributed by atoms with E-state index in [1.807, 2.05) is 6.92 Å². The fraction of sp³-hybridized carbons (Fsp3) is 0.133. The summed E-state index contributed by atoms with van der Waals surface area (Å²) in [5, 5.41) is 3.62. The van der Waals surface area contributed by atoms with Crippen LogP contribution in [0.25, 0.3) is 0 Å². The quantitative estimate of drug-likeness (QED) is 0.831. The fourth-order valence-corrected chi connectivity index (χ4v) is 2.25. The van der Waals surface area contributed by atoms with Crippen molar-refractivity contribution in [3.05, 3.63) is 52.0 Å². The number of nitrogen functional groups attached to an aromatic ring is 1. The van der Waals surface area contributed by atoms with Crippen molar-refractivity contribution in [3.63, 3.8) is 0 Å². The minimum Gasteiger partial charge on any atom is -0.455 e. The van der Waals surface area contributed by atoms with E-state index in [9.17, 15) is 4.79 Å². The molecule has 0 atom stereocenters. The fourth-order valence-electron chi connectivity index (χ4n) is 1.74. The molecule has 2 aromatic rings. The van der Waals surface area contributed by atoms with Crippen LogP contribution in [0.4, 0.5) is 5.69 Å². The molecule has 4 nitrogen and oxygen atoms in total. The first-order valence-corrected chi connectivity index (χ1v) is 7.07. The number of nitrogens with one attached hydrogen (secondary N) is 1. The first-order valence-electron chi connectivity index (χ1n) is 6.31. The van der Waals surface area contributed by atoms with Gasteiger partial charge in [0.05, 0.1) is 5.69 Å². The summed E-state index contributed by atoms with van der Waals surface area (Å²) in [6.45, 7) is 2.39. The molecule has 0 saturated carbocycles. The van der Waals surface area contributed by atoms with Crippen molar-refractivity contribution in [2.75, 3.05) is 12.3 Å². The predicted octanol–water partition coefficient (Wildman–Crippen LogP) is 4.12. The highest BCUT2D eigenvalue weighted by molar-refractivity contribution is 6.34. The van der Waals surface area contributed by atoms with E-state index in [4.69, 9.17) is 33.7 Å². The molecule has 2 rings (SSSR count). The van der Waals surface area contributed by atoms with Gasteiger partial charge in [0.25, 0.3) is 5.91 Å². The molecule has 0 unspecified atom stereocenters. The Morgan fingerprint density at radius 1 is 1.19 bits per heavy atom. The molecule has 0 aromatic heterocycles. The Hall–Kier alpha value is -1.91. The van der Waals surface area contributed by atoms with Gasteiger partial charge in [-0.3, -0.25) is 4.79 Å². The zero-order valence-electron chi connectivity index (χ0n) is 11.3. The van der Waals surface area contributed by atoms with Gasteiger partial charge in [0.1, 0.15) is 5.75 Å². The number of nitrogens with two attached hydrogens (primary N) is 1. The average molecular weight is 325 g/mol. The molecule has 0 fully saturated rings. The Labute approximate surface area is 132 Å². The maximum Gasteiger partial charge on any atom is 0.251 e. The Morgan fingerprint density at radius 2 is 1.86 bits per heavy atom. The highest BCUT2D eigenvalue weighted by Crippen LogP contribution is 2.32. The van der Waals surface area contributed by atoms with Crippen LogP contribution in [0.3, 0.4) is 0 Å². The Morgan fingerprint density at radius 3 is 2.48 bits per heavy atom. The lowest BCUT2D eigenvalue weighted by molar-refractivity contribution is 0.0955. The Bertz CT molecular complexity index is 654. The van der Waals surface area contributed by atoms with Gasteiger partial charge in [-0.25, -0.2) is 0 Å². The number of carbonyl (C=O) groups excluding carboxylic acids is 1. The van der Waals surface area contributed by atoms with Crippen LogP contribution >= 0.6 is 23.2 Å². The molecule has 0 heterocycles. The van der Waals surface area contributed by atoms with Gasteiger partial charge < -0.3 is 15.8 Å². The first-order chi connectivity index (χ1) is 9.99. The summed E-state index contributed by atoms with van der Waals surface area (Å²) >= 11 is 11.8. The summed E-state index contributed by atoms with van der Waals surface area (Å²) in [5.74, 6) is 0.635. The topological polar surface area (TPSA) is 64.4 Å². The minimum atomic E-state index is -0.188. The second-order valence-electron chi connectivity index (χ2n) is 4.32. The molecule has 2 aromatic carbocycles. The summed E-state index contributed by atoms with van der Waals surface area (Å²) in [6.07, 6.45) is 0. The molecule has 3 N–H and O–H groups in total. The monoisotopic (exact) mass is 324 g/mol. The smallest absolute Gasteiger partial charge is 0.251 e. The summed E-state index contributed by atoms with van der Waals surface area (Å²) in [7, 11) is 0. The number of rotatable bonds is 4. The summed E-state index contributed by atoms with van der Waals surface area (Å²) in [4.78, 5) is 11.8. The zero-order valence-corrected chi connectivity index (χ0v) is 12.8. The highest BCUT2D eigenvalue weighted by atomic mass is 35.5. The second kappa shape index (κ2) is 6.70. The van der Waals surface area contributed by atoms with Gasteiger partial charge in [0.15, 0.2) is 5.75 Å². The highest BCUT2D eigenvalue weighted by Gasteiger charge is 2.10. The molecule has 0 bridgehead atoms. The predicted molar refractivity (Wildman–Crippen MR) is 85.4 cm³/mol. The third-order valence-corrected chi connectivity index (χ3v) is 3.11. The summed E-state index contributed by atoms with van der Waals surface area (Å²) in [5.41, 5.74) is 6.75. The third-order valence-electron chi connectivity index (χ3n) is 2.68. The van der Waals surface area contributed by atoms with Crippen LogP contribution in [0.5, 0.6) is 11.5 Å². The molecular weight excluding hydrogens is 311 g/mol. The summed E-state index contributed by atoms with van der Waals surface area (Å²) in [6, 6.07) is 9.67. The molecule has 0 aliphatic carbocycles. The molecule has 1 amide bonds. The molecule has 6 heteroatoms. The van der Waals surface area contributed by atoms with Gasteiger partial charge in [0, 0.05) is 22.2 Å². The van der Waals surface area contributed by atoms with Gasteiger partial charge in [0.2, 0.25) is 0 Å².